The summed E-state index contributed by atoms with van der Waals surface area (Å²) in [6.07, 6.45) is 3.06. The Morgan fingerprint density at radius 3 is 2.53 bits per heavy atom. The van der Waals surface area contributed by atoms with E-state index < -0.39 is 17.7 Å². The van der Waals surface area contributed by atoms with Crippen molar-refractivity contribution in [1.29, 1.82) is 0 Å². The lowest BCUT2D eigenvalue weighted by atomic mass is 9.97. The molecule has 1 unspecified atom stereocenters. The number of nitrogens with two attached hydrogens (primary N) is 1. The topological polar surface area (TPSA) is 50.9 Å². The zero-order chi connectivity index (χ0) is 13.8. The van der Waals surface area contributed by atoms with E-state index >= 15 is 0 Å². The number of benzene rings is 1. The summed E-state index contributed by atoms with van der Waals surface area (Å²) in [4.78, 5) is 3.97. The molecule has 3 nitrogen and oxygen atoms in total. The zero-order valence-electron chi connectivity index (χ0n) is 10.5. The second kappa shape index (κ2) is 5.75. The number of nitrogens with zero attached hydrogens (tertiary/aromatic N) is 1. The molecule has 0 radical (unpaired) electrons. The predicted octanol–water partition coefficient (Wildman–Crippen LogP) is 2.64. The largest absolute Gasteiger partial charge is 0.398 e. The average Bonchev–Trinajstić information content (AvgIpc) is 2.38. The van der Waals surface area contributed by atoms with Crippen molar-refractivity contribution in [2.45, 2.75) is 13.0 Å². The molecule has 0 amide bonds. The maximum atomic E-state index is 13.9. The molecule has 1 aromatic heterocycles. The Kier molecular flexibility index (Phi) is 4.06. The van der Waals surface area contributed by atoms with Crippen LogP contribution in [0.2, 0.25) is 0 Å². The van der Waals surface area contributed by atoms with E-state index in [2.05, 4.69) is 10.3 Å². The molecule has 2 rings (SSSR count). The minimum absolute atomic E-state index is 0.0379. The second-order valence-corrected chi connectivity index (χ2v) is 4.13. The van der Waals surface area contributed by atoms with Crippen molar-refractivity contribution in [3.05, 3.63) is 59.4 Å². The van der Waals surface area contributed by atoms with Gasteiger partial charge in [-0.25, -0.2) is 8.78 Å². The van der Waals surface area contributed by atoms with E-state index in [4.69, 9.17) is 5.73 Å². The van der Waals surface area contributed by atoms with Gasteiger partial charge in [-0.2, -0.15) is 0 Å². The third kappa shape index (κ3) is 2.71. The molecule has 1 atom stereocenters. The molecule has 3 N–H and O–H groups in total. The number of nitrogen functional groups attached to an aromatic ring is 1. The highest BCUT2D eigenvalue weighted by Crippen LogP contribution is 2.29. The van der Waals surface area contributed by atoms with Crippen molar-refractivity contribution in [3.63, 3.8) is 0 Å². The SMILES string of the molecule is CCNC(c1cnccc1N)c1c(F)cccc1F. The normalized spacial score (nSPS) is 12.4. The van der Waals surface area contributed by atoms with Gasteiger partial charge < -0.3 is 11.1 Å². The lowest BCUT2D eigenvalue weighted by molar-refractivity contribution is 0.510. The smallest absolute Gasteiger partial charge is 0.131 e. The van der Waals surface area contributed by atoms with E-state index in [1.165, 1.54) is 24.4 Å². The van der Waals surface area contributed by atoms with Crippen LogP contribution in [-0.4, -0.2) is 11.5 Å². The van der Waals surface area contributed by atoms with Crippen molar-refractivity contribution in [2.75, 3.05) is 12.3 Å². The predicted molar refractivity (Wildman–Crippen MR) is 70.5 cm³/mol. The van der Waals surface area contributed by atoms with Crippen molar-refractivity contribution in [1.82, 2.24) is 10.3 Å². The lowest BCUT2D eigenvalue weighted by Gasteiger charge is -2.21. The van der Waals surface area contributed by atoms with E-state index in [0.29, 0.717) is 17.8 Å². The monoisotopic (exact) mass is 263 g/mol. The summed E-state index contributed by atoms with van der Waals surface area (Å²) in [7, 11) is 0. The number of rotatable bonds is 4. The van der Waals surface area contributed by atoms with Gasteiger partial charge in [0.05, 0.1) is 6.04 Å². The minimum Gasteiger partial charge on any atom is -0.398 e. The van der Waals surface area contributed by atoms with Gasteiger partial charge in [0.15, 0.2) is 0 Å². The molecule has 19 heavy (non-hydrogen) atoms. The van der Waals surface area contributed by atoms with Crippen molar-refractivity contribution < 1.29 is 8.78 Å². The fourth-order valence-electron chi connectivity index (χ4n) is 2.02. The lowest BCUT2D eigenvalue weighted by Crippen LogP contribution is -2.25. The first-order valence-electron chi connectivity index (χ1n) is 6.01. The molecular formula is C14H15F2N3. The van der Waals surface area contributed by atoms with Gasteiger partial charge >= 0.3 is 0 Å². The molecule has 0 spiro atoms. The number of halogens is 2. The molecule has 2 aromatic rings. The summed E-state index contributed by atoms with van der Waals surface area (Å²) in [6, 6.07) is 4.76. The molecule has 0 fully saturated rings. The molecule has 0 bridgehead atoms. The number of hydrogen-bond acceptors (Lipinski definition) is 3. The molecule has 0 saturated heterocycles. The van der Waals surface area contributed by atoms with Crippen molar-refractivity contribution >= 4 is 5.69 Å². The van der Waals surface area contributed by atoms with Gasteiger partial charge in [0, 0.05) is 29.2 Å². The van der Waals surface area contributed by atoms with Crippen LogP contribution in [0.5, 0.6) is 0 Å². The Bertz CT molecular complexity index is 552. The van der Waals surface area contributed by atoms with Gasteiger partial charge in [-0.15, -0.1) is 0 Å². The van der Waals surface area contributed by atoms with Crippen LogP contribution in [0.4, 0.5) is 14.5 Å². The third-order valence-corrected chi connectivity index (χ3v) is 2.89. The van der Waals surface area contributed by atoms with E-state index in [0.717, 1.165) is 0 Å². The highest BCUT2D eigenvalue weighted by molar-refractivity contribution is 5.50. The minimum atomic E-state index is -0.653. The quantitative estimate of drug-likeness (QED) is 0.891. The molecule has 0 aliphatic carbocycles. The molecule has 1 aromatic carbocycles. The summed E-state index contributed by atoms with van der Waals surface area (Å²) in [6.45, 7) is 2.41. The van der Waals surface area contributed by atoms with E-state index in [1.807, 2.05) is 6.92 Å². The molecule has 0 aliphatic rings. The summed E-state index contributed by atoms with van der Waals surface area (Å²) in [5, 5.41) is 3.04. The fourth-order valence-corrected chi connectivity index (χ4v) is 2.02. The Hall–Kier alpha value is -2.01. The summed E-state index contributed by atoms with van der Waals surface area (Å²) in [5.74, 6) is -1.21. The Morgan fingerprint density at radius 2 is 1.95 bits per heavy atom. The molecule has 5 heteroatoms. The van der Waals surface area contributed by atoms with Crippen LogP contribution in [0.1, 0.15) is 24.1 Å². The van der Waals surface area contributed by atoms with E-state index in [9.17, 15) is 8.78 Å². The fraction of sp³-hybridized carbons (Fsp3) is 0.214. The van der Waals surface area contributed by atoms with Gasteiger partial charge in [-0.1, -0.05) is 13.0 Å². The van der Waals surface area contributed by atoms with Gasteiger partial charge in [0.25, 0.3) is 0 Å². The van der Waals surface area contributed by atoms with Crippen LogP contribution in [-0.2, 0) is 0 Å². The van der Waals surface area contributed by atoms with Crippen LogP contribution in [0.25, 0.3) is 0 Å². The summed E-state index contributed by atoms with van der Waals surface area (Å²) < 4.78 is 27.8. The average molecular weight is 263 g/mol. The van der Waals surface area contributed by atoms with Gasteiger partial charge in [0.2, 0.25) is 0 Å². The molecular weight excluding hydrogens is 248 g/mol. The first-order valence-corrected chi connectivity index (χ1v) is 6.01. The van der Waals surface area contributed by atoms with E-state index in [-0.39, 0.29) is 5.56 Å². The molecule has 0 aliphatic heterocycles. The van der Waals surface area contributed by atoms with Crippen LogP contribution in [0, 0.1) is 11.6 Å². The summed E-state index contributed by atoms with van der Waals surface area (Å²) >= 11 is 0. The van der Waals surface area contributed by atoms with Crippen LogP contribution in [0.15, 0.2) is 36.7 Å². The number of anilines is 1. The van der Waals surface area contributed by atoms with Gasteiger partial charge in [-0.05, 0) is 24.7 Å². The first kappa shape index (κ1) is 13.4. The molecule has 0 saturated carbocycles. The highest BCUT2D eigenvalue weighted by Gasteiger charge is 2.22. The van der Waals surface area contributed by atoms with E-state index in [1.54, 1.807) is 12.3 Å². The van der Waals surface area contributed by atoms with Crippen LogP contribution >= 0.6 is 0 Å². The van der Waals surface area contributed by atoms with Crippen LogP contribution < -0.4 is 11.1 Å². The summed E-state index contributed by atoms with van der Waals surface area (Å²) in [5.41, 5.74) is 6.84. The van der Waals surface area contributed by atoms with Gasteiger partial charge in [0.1, 0.15) is 11.6 Å². The zero-order valence-corrected chi connectivity index (χ0v) is 10.5. The highest BCUT2D eigenvalue weighted by atomic mass is 19.1. The molecule has 100 valence electrons. The number of hydrogen-bond donors (Lipinski definition) is 2. The standard InChI is InChI=1S/C14H15F2N3/c1-2-19-14(9-8-18-7-6-12(9)17)13-10(15)4-3-5-11(13)16/h3-8,14,19H,2H2,1H3,(H2,17,18). The number of aromatic nitrogens is 1. The third-order valence-electron chi connectivity index (χ3n) is 2.89. The van der Waals surface area contributed by atoms with Crippen LogP contribution in [0.3, 0.4) is 0 Å². The number of nitrogens with one attached hydrogen (secondary N) is 1. The Labute approximate surface area is 110 Å². The first-order chi connectivity index (χ1) is 9.15. The van der Waals surface area contributed by atoms with Crippen molar-refractivity contribution in [3.8, 4) is 0 Å². The molecule has 1 heterocycles. The van der Waals surface area contributed by atoms with Gasteiger partial charge in [-0.3, -0.25) is 4.98 Å². The Balaban J connectivity index is 2.55. The second-order valence-electron chi connectivity index (χ2n) is 4.13. The number of pyridine rings is 1. The maximum absolute atomic E-state index is 13.9. The van der Waals surface area contributed by atoms with Crippen molar-refractivity contribution in [2.24, 2.45) is 0 Å². The Morgan fingerprint density at radius 1 is 1.26 bits per heavy atom. The maximum Gasteiger partial charge on any atom is 0.131 e.